The second kappa shape index (κ2) is 5.75. The Morgan fingerprint density at radius 1 is 1.21 bits per heavy atom. The van der Waals surface area contributed by atoms with Gasteiger partial charge in [0.1, 0.15) is 5.56 Å². The molecule has 19 heavy (non-hydrogen) atoms. The minimum Gasteiger partial charge on any atom is -0.321 e. The fraction of sp³-hybridized carbons (Fsp3) is 0.143. The van der Waals surface area contributed by atoms with Gasteiger partial charge in [0.15, 0.2) is 0 Å². The van der Waals surface area contributed by atoms with Crippen molar-refractivity contribution in [3.63, 3.8) is 0 Å². The topological polar surface area (TPSA) is 51.1 Å². The number of nitrogens with one attached hydrogen (secondary N) is 1. The lowest BCUT2D eigenvalue weighted by molar-refractivity contribution is 0.102. The number of anilines is 1. The third kappa shape index (κ3) is 2.88. The van der Waals surface area contributed by atoms with Crippen molar-refractivity contribution in [1.82, 2.24) is 4.57 Å². The summed E-state index contributed by atoms with van der Waals surface area (Å²) in [6.07, 6.45) is 3.56. The van der Waals surface area contributed by atoms with Crippen LogP contribution in [0, 0.1) is 0 Å². The smallest absolute Gasteiger partial charge is 0.263 e. The molecule has 0 aliphatic heterocycles. The summed E-state index contributed by atoms with van der Waals surface area (Å²) in [4.78, 5) is 24.9. The van der Waals surface area contributed by atoms with Gasteiger partial charge in [0.05, 0.1) is 5.69 Å². The molecule has 98 valence electrons. The van der Waals surface area contributed by atoms with Crippen LogP contribution in [0.5, 0.6) is 0 Å². The van der Waals surface area contributed by atoms with Gasteiger partial charge in [-0.05, 0) is 30.5 Å². The zero-order valence-electron chi connectivity index (χ0n) is 10.7. The number of benzene rings is 1. The molecule has 1 aromatic heterocycles. The van der Waals surface area contributed by atoms with E-state index in [4.69, 9.17) is 0 Å². The third-order valence-electron chi connectivity index (χ3n) is 2.72. The summed E-state index contributed by atoms with van der Waals surface area (Å²) in [7, 11) is 1.62. The van der Waals surface area contributed by atoms with Gasteiger partial charge in [0, 0.05) is 18.1 Å². The number of hydrogen-bond acceptors (Lipinski definition) is 3. The van der Waals surface area contributed by atoms with E-state index in [9.17, 15) is 9.59 Å². The van der Waals surface area contributed by atoms with Gasteiger partial charge in [-0.15, -0.1) is 11.8 Å². The largest absolute Gasteiger partial charge is 0.321 e. The van der Waals surface area contributed by atoms with E-state index in [1.165, 1.54) is 10.6 Å². The summed E-state index contributed by atoms with van der Waals surface area (Å²) in [6, 6.07) is 10.7. The predicted molar refractivity (Wildman–Crippen MR) is 77.9 cm³/mol. The van der Waals surface area contributed by atoms with Crippen LogP contribution in [0.2, 0.25) is 0 Å². The van der Waals surface area contributed by atoms with Crippen LogP contribution in [-0.4, -0.2) is 16.7 Å². The zero-order chi connectivity index (χ0) is 13.8. The van der Waals surface area contributed by atoms with Crippen LogP contribution in [-0.2, 0) is 7.05 Å². The Kier molecular flexibility index (Phi) is 4.06. The normalized spacial score (nSPS) is 10.2. The summed E-state index contributed by atoms with van der Waals surface area (Å²) in [6.45, 7) is 0. The summed E-state index contributed by atoms with van der Waals surface area (Å²) in [5.74, 6) is -0.386. The molecule has 1 aromatic carbocycles. The number of para-hydroxylation sites is 1. The minimum atomic E-state index is -0.386. The quantitative estimate of drug-likeness (QED) is 0.874. The van der Waals surface area contributed by atoms with Crippen LogP contribution in [0.3, 0.4) is 0 Å². The highest BCUT2D eigenvalue weighted by molar-refractivity contribution is 7.98. The van der Waals surface area contributed by atoms with Gasteiger partial charge in [0.2, 0.25) is 0 Å². The van der Waals surface area contributed by atoms with E-state index in [1.54, 1.807) is 31.1 Å². The molecule has 0 radical (unpaired) electrons. The molecule has 0 saturated heterocycles. The van der Waals surface area contributed by atoms with Crippen LogP contribution in [0.25, 0.3) is 0 Å². The number of pyridine rings is 1. The first-order valence-corrected chi connectivity index (χ1v) is 6.96. The second-order valence-electron chi connectivity index (χ2n) is 3.99. The van der Waals surface area contributed by atoms with E-state index in [-0.39, 0.29) is 17.0 Å². The number of thioether (sulfide) groups is 1. The van der Waals surface area contributed by atoms with Crippen molar-refractivity contribution >= 4 is 23.4 Å². The summed E-state index contributed by atoms with van der Waals surface area (Å²) < 4.78 is 1.38. The number of rotatable bonds is 3. The molecule has 0 bridgehead atoms. The van der Waals surface area contributed by atoms with Crippen LogP contribution in [0.4, 0.5) is 5.69 Å². The lowest BCUT2D eigenvalue weighted by atomic mass is 10.2. The fourth-order valence-corrected chi connectivity index (χ4v) is 2.26. The van der Waals surface area contributed by atoms with Crippen molar-refractivity contribution in [2.24, 2.45) is 7.05 Å². The van der Waals surface area contributed by atoms with Crippen molar-refractivity contribution in [3.05, 3.63) is 58.5 Å². The van der Waals surface area contributed by atoms with Gasteiger partial charge in [-0.1, -0.05) is 12.1 Å². The lowest BCUT2D eigenvalue weighted by Gasteiger charge is -2.09. The molecule has 1 amide bonds. The molecule has 0 spiro atoms. The molecule has 0 unspecified atom stereocenters. The van der Waals surface area contributed by atoms with Crippen molar-refractivity contribution in [2.75, 3.05) is 11.6 Å². The van der Waals surface area contributed by atoms with E-state index in [0.717, 1.165) is 4.90 Å². The summed E-state index contributed by atoms with van der Waals surface area (Å²) >= 11 is 1.54. The maximum Gasteiger partial charge on any atom is 0.263 e. The molecule has 1 heterocycles. The number of aromatic nitrogens is 1. The molecule has 1 N–H and O–H groups in total. The maximum atomic E-state index is 12.1. The van der Waals surface area contributed by atoms with Crippen LogP contribution < -0.4 is 10.9 Å². The van der Waals surface area contributed by atoms with Gasteiger partial charge in [-0.25, -0.2) is 0 Å². The Bertz CT molecular complexity index is 664. The monoisotopic (exact) mass is 274 g/mol. The standard InChI is InChI=1S/C14H14N2O2S/c1-16-9-5-6-10(14(16)18)13(17)15-11-7-3-4-8-12(11)19-2/h3-9H,1-2H3,(H,15,17). The molecule has 2 rings (SSSR count). The molecular formula is C14H14N2O2S. The van der Waals surface area contributed by atoms with Crippen LogP contribution in [0.15, 0.2) is 52.3 Å². The molecule has 2 aromatic rings. The Hall–Kier alpha value is -2.01. The molecule has 0 atom stereocenters. The third-order valence-corrected chi connectivity index (χ3v) is 3.52. The minimum absolute atomic E-state index is 0.140. The van der Waals surface area contributed by atoms with Crippen molar-refractivity contribution < 1.29 is 4.79 Å². The SMILES string of the molecule is CSc1ccccc1NC(=O)c1cccn(C)c1=O. The highest BCUT2D eigenvalue weighted by atomic mass is 32.2. The van der Waals surface area contributed by atoms with E-state index < -0.39 is 0 Å². The molecule has 0 aliphatic rings. The number of aryl methyl sites for hydroxylation is 1. The highest BCUT2D eigenvalue weighted by Crippen LogP contribution is 2.24. The van der Waals surface area contributed by atoms with Gasteiger partial charge >= 0.3 is 0 Å². The average molecular weight is 274 g/mol. The first-order chi connectivity index (χ1) is 9.13. The molecule has 0 saturated carbocycles. The molecular weight excluding hydrogens is 260 g/mol. The molecule has 4 nitrogen and oxygen atoms in total. The van der Waals surface area contributed by atoms with E-state index in [1.807, 2.05) is 30.5 Å². The van der Waals surface area contributed by atoms with E-state index in [2.05, 4.69) is 5.32 Å². The number of hydrogen-bond donors (Lipinski definition) is 1. The molecule has 0 aliphatic carbocycles. The zero-order valence-corrected chi connectivity index (χ0v) is 11.5. The first-order valence-electron chi connectivity index (χ1n) is 5.73. The molecule has 5 heteroatoms. The Morgan fingerprint density at radius 2 is 1.95 bits per heavy atom. The number of amides is 1. The van der Waals surface area contributed by atoms with E-state index >= 15 is 0 Å². The van der Waals surface area contributed by atoms with Crippen molar-refractivity contribution in [3.8, 4) is 0 Å². The predicted octanol–water partition coefficient (Wildman–Crippen LogP) is 2.36. The number of carbonyl (C=O) groups excluding carboxylic acids is 1. The Morgan fingerprint density at radius 3 is 2.68 bits per heavy atom. The summed E-state index contributed by atoms with van der Waals surface area (Å²) in [5, 5.41) is 2.77. The molecule has 0 fully saturated rings. The first kappa shape index (κ1) is 13.4. The van der Waals surface area contributed by atoms with Crippen LogP contribution in [0.1, 0.15) is 10.4 Å². The Balaban J connectivity index is 2.31. The average Bonchev–Trinajstić information content (AvgIpc) is 2.42. The van der Waals surface area contributed by atoms with Crippen LogP contribution >= 0.6 is 11.8 Å². The van der Waals surface area contributed by atoms with E-state index in [0.29, 0.717) is 5.69 Å². The highest BCUT2D eigenvalue weighted by Gasteiger charge is 2.12. The van der Waals surface area contributed by atoms with Crippen molar-refractivity contribution in [2.45, 2.75) is 4.90 Å². The van der Waals surface area contributed by atoms with Gasteiger partial charge < -0.3 is 9.88 Å². The maximum absolute atomic E-state index is 12.1. The second-order valence-corrected chi connectivity index (χ2v) is 4.84. The van der Waals surface area contributed by atoms with Gasteiger partial charge in [-0.2, -0.15) is 0 Å². The Labute approximate surface area is 115 Å². The van der Waals surface area contributed by atoms with Crippen molar-refractivity contribution in [1.29, 1.82) is 0 Å². The van der Waals surface area contributed by atoms with Gasteiger partial charge in [0.25, 0.3) is 11.5 Å². The number of nitrogens with zero attached hydrogens (tertiary/aromatic N) is 1. The lowest BCUT2D eigenvalue weighted by Crippen LogP contribution is -2.27. The number of carbonyl (C=O) groups is 1. The van der Waals surface area contributed by atoms with Gasteiger partial charge in [-0.3, -0.25) is 9.59 Å². The summed E-state index contributed by atoms with van der Waals surface area (Å²) in [5.41, 5.74) is 0.549. The fourth-order valence-electron chi connectivity index (χ4n) is 1.71.